The third-order valence-corrected chi connectivity index (χ3v) is 3.94. The monoisotopic (exact) mass is 333 g/mol. The van der Waals surface area contributed by atoms with Gasteiger partial charge in [-0.1, -0.05) is 61.0 Å². The van der Waals surface area contributed by atoms with Crippen molar-refractivity contribution in [2.45, 2.75) is 25.6 Å². The second kappa shape index (κ2) is 9.68. The Morgan fingerprint density at radius 3 is 2.43 bits per heavy atom. The van der Waals surface area contributed by atoms with E-state index < -0.39 is 6.10 Å². The predicted molar refractivity (Wildman–Crippen MR) is 94.8 cm³/mol. The number of aliphatic hydroxyl groups excluding tert-OH is 1. The van der Waals surface area contributed by atoms with E-state index in [9.17, 15) is 5.11 Å². The molecule has 0 aliphatic carbocycles. The van der Waals surface area contributed by atoms with Crippen LogP contribution in [0.25, 0.3) is 0 Å². The Morgan fingerprint density at radius 2 is 1.74 bits per heavy atom. The lowest BCUT2D eigenvalue weighted by molar-refractivity contribution is 0.0288. The topological polar surface area (TPSA) is 41.5 Å². The van der Waals surface area contributed by atoms with Crippen molar-refractivity contribution >= 4 is 11.6 Å². The molecular formula is C19H24ClNO2. The molecule has 0 heterocycles. The van der Waals surface area contributed by atoms with E-state index in [4.69, 9.17) is 16.3 Å². The van der Waals surface area contributed by atoms with Crippen LogP contribution in [0.15, 0.2) is 54.6 Å². The fraction of sp³-hybridized carbons (Fsp3) is 0.368. The van der Waals surface area contributed by atoms with Gasteiger partial charge in [0.25, 0.3) is 0 Å². The van der Waals surface area contributed by atoms with Crippen molar-refractivity contribution < 1.29 is 9.84 Å². The van der Waals surface area contributed by atoms with Gasteiger partial charge < -0.3 is 15.2 Å². The van der Waals surface area contributed by atoms with Gasteiger partial charge in [-0.3, -0.25) is 0 Å². The van der Waals surface area contributed by atoms with Crippen LogP contribution >= 0.6 is 11.6 Å². The van der Waals surface area contributed by atoms with Crippen molar-refractivity contribution in [3.63, 3.8) is 0 Å². The van der Waals surface area contributed by atoms with Crippen LogP contribution in [0.3, 0.4) is 0 Å². The molecule has 23 heavy (non-hydrogen) atoms. The van der Waals surface area contributed by atoms with E-state index in [-0.39, 0.29) is 0 Å². The van der Waals surface area contributed by atoms with Crippen LogP contribution in [0.5, 0.6) is 0 Å². The van der Waals surface area contributed by atoms with Gasteiger partial charge in [-0.05, 0) is 29.2 Å². The van der Waals surface area contributed by atoms with Crippen LogP contribution in [0.4, 0.5) is 0 Å². The number of aliphatic hydroxyl groups is 1. The van der Waals surface area contributed by atoms with E-state index in [1.54, 1.807) is 0 Å². The van der Waals surface area contributed by atoms with Gasteiger partial charge in [-0.15, -0.1) is 0 Å². The lowest BCUT2D eigenvalue weighted by atomic mass is 10.0. The van der Waals surface area contributed by atoms with Crippen LogP contribution in [-0.2, 0) is 11.3 Å². The molecule has 0 aromatic heterocycles. The van der Waals surface area contributed by atoms with Crippen molar-refractivity contribution in [3.8, 4) is 0 Å². The molecule has 0 aliphatic rings. The number of halogens is 1. The first kappa shape index (κ1) is 18.0. The molecule has 0 unspecified atom stereocenters. The van der Waals surface area contributed by atoms with Gasteiger partial charge in [0.05, 0.1) is 19.3 Å². The summed E-state index contributed by atoms with van der Waals surface area (Å²) in [6, 6.07) is 17.9. The summed E-state index contributed by atoms with van der Waals surface area (Å²) in [5, 5.41) is 14.0. The van der Waals surface area contributed by atoms with Crippen molar-refractivity contribution in [1.29, 1.82) is 0 Å². The van der Waals surface area contributed by atoms with Crippen molar-refractivity contribution in [2.24, 2.45) is 0 Å². The van der Waals surface area contributed by atoms with Gasteiger partial charge in [0, 0.05) is 18.1 Å². The molecule has 3 nitrogen and oxygen atoms in total. The smallest absolute Gasteiger partial charge is 0.0897 e. The van der Waals surface area contributed by atoms with E-state index in [1.165, 1.54) is 5.56 Å². The van der Waals surface area contributed by atoms with E-state index in [1.807, 2.05) is 42.5 Å². The Bertz CT molecular complexity index is 559. The Labute approximate surface area is 143 Å². The fourth-order valence-electron chi connectivity index (χ4n) is 2.32. The molecule has 2 aromatic rings. The van der Waals surface area contributed by atoms with E-state index in [0.717, 1.165) is 12.1 Å². The summed E-state index contributed by atoms with van der Waals surface area (Å²) >= 11 is 5.83. The standard InChI is InChI=1S/C19H24ClNO2/c1-15(17-5-3-2-4-6-17)11-21-12-19(22)14-23-13-16-7-9-18(20)10-8-16/h2-10,15,19,21-22H,11-14H2,1H3/t15-,19+/m1/s1. The summed E-state index contributed by atoms with van der Waals surface area (Å²) in [5.41, 5.74) is 2.35. The van der Waals surface area contributed by atoms with Gasteiger partial charge in [-0.25, -0.2) is 0 Å². The lowest BCUT2D eigenvalue weighted by Crippen LogP contribution is -2.32. The van der Waals surface area contributed by atoms with Crippen LogP contribution < -0.4 is 5.32 Å². The maximum Gasteiger partial charge on any atom is 0.0897 e. The Kier molecular flexibility index (Phi) is 7.56. The van der Waals surface area contributed by atoms with Gasteiger partial charge in [0.15, 0.2) is 0 Å². The van der Waals surface area contributed by atoms with Crippen LogP contribution in [0.1, 0.15) is 24.0 Å². The molecule has 2 N–H and O–H groups in total. The van der Waals surface area contributed by atoms with Crippen molar-refractivity contribution in [3.05, 3.63) is 70.7 Å². The Balaban J connectivity index is 1.60. The van der Waals surface area contributed by atoms with Gasteiger partial charge in [0.1, 0.15) is 0 Å². The quantitative estimate of drug-likeness (QED) is 0.736. The molecule has 0 saturated carbocycles. The molecule has 0 amide bonds. The minimum Gasteiger partial charge on any atom is -0.389 e. The van der Waals surface area contributed by atoms with Gasteiger partial charge in [0.2, 0.25) is 0 Å². The first-order valence-corrected chi connectivity index (χ1v) is 8.29. The summed E-state index contributed by atoms with van der Waals surface area (Å²) in [6.45, 7) is 4.33. The number of hydrogen-bond donors (Lipinski definition) is 2. The lowest BCUT2D eigenvalue weighted by Gasteiger charge is -2.16. The number of hydrogen-bond acceptors (Lipinski definition) is 3. The summed E-state index contributed by atoms with van der Waals surface area (Å²) in [6.07, 6.45) is -0.509. The Hall–Kier alpha value is -1.39. The molecule has 0 aliphatic heterocycles. The Morgan fingerprint density at radius 1 is 1.04 bits per heavy atom. The molecule has 4 heteroatoms. The van der Waals surface area contributed by atoms with Gasteiger partial charge >= 0.3 is 0 Å². The third-order valence-electron chi connectivity index (χ3n) is 3.69. The van der Waals surface area contributed by atoms with E-state index >= 15 is 0 Å². The highest BCUT2D eigenvalue weighted by molar-refractivity contribution is 6.30. The molecule has 0 saturated heterocycles. The third kappa shape index (κ3) is 6.71. The number of nitrogens with one attached hydrogen (secondary N) is 1. The average molecular weight is 334 g/mol. The van der Waals surface area contributed by atoms with Crippen LogP contribution in [0.2, 0.25) is 5.02 Å². The average Bonchev–Trinajstić information content (AvgIpc) is 2.57. The van der Waals surface area contributed by atoms with Crippen LogP contribution in [0, 0.1) is 0 Å². The molecule has 124 valence electrons. The number of ether oxygens (including phenoxy) is 1. The minimum atomic E-state index is -0.509. The first-order valence-electron chi connectivity index (χ1n) is 7.91. The maximum atomic E-state index is 9.95. The zero-order valence-electron chi connectivity index (χ0n) is 13.4. The molecular weight excluding hydrogens is 310 g/mol. The molecule has 2 atom stereocenters. The molecule has 0 bridgehead atoms. The fourth-order valence-corrected chi connectivity index (χ4v) is 2.44. The van der Waals surface area contributed by atoms with E-state index in [2.05, 4.69) is 24.4 Å². The minimum absolute atomic E-state index is 0.315. The summed E-state index contributed by atoms with van der Waals surface area (Å²) in [7, 11) is 0. The molecule has 0 radical (unpaired) electrons. The second-order valence-electron chi connectivity index (χ2n) is 5.77. The second-order valence-corrected chi connectivity index (χ2v) is 6.20. The maximum absolute atomic E-state index is 9.95. The highest BCUT2D eigenvalue weighted by atomic mass is 35.5. The van der Waals surface area contributed by atoms with Crippen molar-refractivity contribution in [1.82, 2.24) is 5.32 Å². The molecule has 2 aromatic carbocycles. The largest absolute Gasteiger partial charge is 0.389 e. The predicted octanol–water partition coefficient (Wildman–Crippen LogP) is 3.61. The normalized spacial score (nSPS) is 13.7. The molecule has 0 fully saturated rings. The van der Waals surface area contributed by atoms with E-state index in [0.29, 0.717) is 30.7 Å². The number of rotatable bonds is 9. The summed E-state index contributed by atoms with van der Waals surface area (Å²) in [4.78, 5) is 0. The number of benzene rings is 2. The van der Waals surface area contributed by atoms with Crippen LogP contribution in [-0.4, -0.2) is 30.9 Å². The first-order chi connectivity index (χ1) is 11.1. The van der Waals surface area contributed by atoms with Crippen molar-refractivity contribution in [2.75, 3.05) is 19.7 Å². The zero-order chi connectivity index (χ0) is 16.5. The molecule has 0 spiro atoms. The zero-order valence-corrected chi connectivity index (χ0v) is 14.2. The van der Waals surface area contributed by atoms with Gasteiger partial charge in [-0.2, -0.15) is 0 Å². The summed E-state index contributed by atoms with van der Waals surface area (Å²) in [5.74, 6) is 0.415. The SMILES string of the molecule is C[C@H](CNC[C@H](O)COCc1ccc(Cl)cc1)c1ccccc1. The highest BCUT2D eigenvalue weighted by Crippen LogP contribution is 2.13. The summed E-state index contributed by atoms with van der Waals surface area (Å²) < 4.78 is 5.53. The highest BCUT2D eigenvalue weighted by Gasteiger charge is 2.07. The molecule has 2 rings (SSSR count).